The van der Waals surface area contributed by atoms with Gasteiger partial charge in [0, 0.05) is 17.6 Å². The zero-order valence-electron chi connectivity index (χ0n) is 22.2. The third kappa shape index (κ3) is 7.80. The molecule has 2 atom stereocenters. The first-order valence-corrected chi connectivity index (χ1v) is 14.6. The summed E-state index contributed by atoms with van der Waals surface area (Å²) in [5, 5.41) is 3.33. The molecule has 0 spiro atoms. The number of halogens is 2. The minimum Gasteiger partial charge on any atom is -0.352 e. The van der Waals surface area contributed by atoms with Gasteiger partial charge in [0.05, 0.1) is 10.6 Å². The van der Waals surface area contributed by atoms with E-state index < -0.39 is 34.3 Å². The molecule has 0 heterocycles. The minimum atomic E-state index is -4.16. The first kappa shape index (κ1) is 30.1. The van der Waals surface area contributed by atoms with E-state index in [1.54, 1.807) is 37.3 Å². The Morgan fingerprint density at radius 3 is 2.10 bits per heavy atom. The smallest absolute Gasteiger partial charge is 0.264 e. The van der Waals surface area contributed by atoms with Gasteiger partial charge in [-0.2, -0.15) is 0 Å². The first-order chi connectivity index (χ1) is 18.6. The normalized spacial score (nSPS) is 12.8. The standard InChI is InChI=1S/C29H33ClFN3O4S/c1-4-21(3)32-29(36)27(5-2)33(19-22-11-15-24(31)16-12-22)28(35)20-34(25-17-13-23(30)14-18-25)39(37,38)26-9-7-6-8-10-26/h6-18,21,27H,4-5,19-20H2,1-3H3,(H,32,36)/t21-,27-/m1/s1. The Morgan fingerprint density at radius 1 is 0.923 bits per heavy atom. The van der Waals surface area contributed by atoms with Gasteiger partial charge in [0.1, 0.15) is 18.4 Å². The molecule has 0 aliphatic heterocycles. The summed E-state index contributed by atoms with van der Waals surface area (Å²) in [4.78, 5) is 28.5. The van der Waals surface area contributed by atoms with Crippen LogP contribution in [0.1, 0.15) is 39.2 Å². The van der Waals surface area contributed by atoms with Crippen molar-refractivity contribution >= 4 is 39.1 Å². The van der Waals surface area contributed by atoms with Crippen molar-refractivity contribution in [1.82, 2.24) is 10.2 Å². The van der Waals surface area contributed by atoms with E-state index in [-0.39, 0.29) is 29.1 Å². The second kappa shape index (κ2) is 13.6. The van der Waals surface area contributed by atoms with Gasteiger partial charge in [-0.15, -0.1) is 0 Å². The van der Waals surface area contributed by atoms with Crippen LogP contribution < -0.4 is 9.62 Å². The third-order valence-electron chi connectivity index (χ3n) is 6.38. The van der Waals surface area contributed by atoms with E-state index in [0.29, 0.717) is 23.4 Å². The zero-order chi connectivity index (χ0) is 28.6. The second-order valence-corrected chi connectivity index (χ2v) is 11.5. The van der Waals surface area contributed by atoms with Gasteiger partial charge in [0.15, 0.2) is 0 Å². The van der Waals surface area contributed by atoms with E-state index in [1.807, 2.05) is 13.8 Å². The fourth-order valence-corrected chi connectivity index (χ4v) is 5.56. The predicted molar refractivity (Wildman–Crippen MR) is 151 cm³/mol. The van der Waals surface area contributed by atoms with Crippen LogP contribution in [-0.4, -0.2) is 43.8 Å². The lowest BCUT2D eigenvalue weighted by Crippen LogP contribution is -2.53. The maximum absolute atomic E-state index is 13.9. The van der Waals surface area contributed by atoms with Crippen molar-refractivity contribution < 1.29 is 22.4 Å². The largest absolute Gasteiger partial charge is 0.352 e. The van der Waals surface area contributed by atoms with Gasteiger partial charge < -0.3 is 10.2 Å². The maximum atomic E-state index is 13.9. The summed E-state index contributed by atoms with van der Waals surface area (Å²) in [5.74, 6) is -1.35. The first-order valence-electron chi connectivity index (χ1n) is 12.7. The molecule has 208 valence electrons. The zero-order valence-corrected chi connectivity index (χ0v) is 23.8. The highest BCUT2D eigenvalue weighted by Crippen LogP contribution is 2.26. The molecule has 39 heavy (non-hydrogen) atoms. The lowest BCUT2D eigenvalue weighted by atomic mass is 10.1. The highest BCUT2D eigenvalue weighted by atomic mass is 35.5. The SMILES string of the molecule is CC[C@@H](C)NC(=O)[C@@H](CC)N(Cc1ccc(F)cc1)C(=O)CN(c1ccc(Cl)cc1)S(=O)(=O)c1ccccc1. The molecule has 2 amide bonds. The van der Waals surface area contributed by atoms with Gasteiger partial charge in [-0.05, 0) is 73.9 Å². The summed E-state index contributed by atoms with van der Waals surface area (Å²) in [6.07, 6.45) is 0.995. The topological polar surface area (TPSA) is 86.8 Å². The summed E-state index contributed by atoms with van der Waals surface area (Å²) >= 11 is 6.04. The average molecular weight is 574 g/mol. The van der Waals surface area contributed by atoms with Crippen LogP contribution in [0.2, 0.25) is 5.02 Å². The number of amides is 2. The van der Waals surface area contributed by atoms with Crippen LogP contribution in [0.3, 0.4) is 0 Å². The van der Waals surface area contributed by atoms with Crippen LogP contribution >= 0.6 is 11.6 Å². The molecule has 10 heteroatoms. The lowest BCUT2D eigenvalue weighted by molar-refractivity contribution is -0.140. The number of carbonyl (C=O) groups is 2. The quantitative estimate of drug-likeness (QED) is 0.314. The van der Waals surface area contributed by atoms with Crippen molar-refractivity contribution in [2.45, 2.75) is 57.1 Å². The Balaban J connectivity index is 2.03. The van der Waals surface area contributed by atoms with E-state index in [2.05, 4.69) is 5.32 Å². The molecule has 7 nitrogen and oxygen atoms in total. The average Bonchev–Trinajstić information content (AvgIpc) is 2.93. The van der Waals surface area contributed by atoms with Crippen molar-refractivity contribution in [3.05, 3.63) is 95.3 Å². The monoisotopic (exact) mass is 573 g/mol. The molecule has 3 aromatic carbocycles. The molecular weight excluding hydrogens is 541 g/mol. The number of benzene rings is 3. The maximum Gasteiger partial charge on any atom is 0.264 e. The number of rotatable bonds is 12. The van der Waals surface area contributed by atoms with E-state index in [9.17, 15) is 22.4 Å². The van der Waals surface area contributed by atoms with Gasteiger partial charge in [-0.1, -0.05) is 55.8 Å². The highest BCUT2D eigenvalue weighted by molar-refractivity contribution is 7.92. The van der Waals surface area contributed by atoms with Crippen molar-refractivity contribution in [3.8, 4) is 0 Å². The number of hydrogen-bond acceptors (Lipinski definition) is 4. The van der Waals surface area contributed by atoms with Crippen LogP contribution in [0.4, 0.5) is 10.1 Å². The Kier molecular flexibility index (Phi) is 10.5. The number of nitrogens with zero attached hydrogens (tertiary/aromatic N) is 2. The van der Waals surface area contributed by atoms with Gasteiger partial charge in [0.25, 0.3) is 10.0 Å². The molecule has 0 unspecified atom stereocenters. The molecule has 3 rings (SSSR count). The third-order valence-corrected chi connectivity index (χ3v) is 8.42. The number of sulfonamides is 1. The highest BCUT2D eigenvalue weighted by Gasteiger charge is 2.33. The van der Waals surface area contributed by atoms with Gasteiger partial charge >= 0.3 is 0 Å². The number of carbonyl (C=O) groups excluding carboxylic acids is 2. The summed E-state index contributed by atoms with van der Waals surface area (Å²) in [6, 6.07) is 18.6. The Bertz CT molecular complexity index is 1350. The molecule has 0 radical (unpaired) electrons. The molecule has 0 aliphatic carbocycles. The van der Waals surface area contributed by atoms with Crippen LogP contribution in [0.15, 0.2) is 83.8 Å². The Hall–Kier alpha value is -3.43. The molecule has 0 aromatic heterocycles. The van der Waals surface area contributed by atoms with Crippen LogP contribution in [0.5, 0.6) is 0 Å². The summed E-state index contributed by atoms with van der Waals surface area (Å²) < 4.78 is 42.0. The summed E-state index contributed by atoms with van der Waals surface area (Å²) in [7, 11) is -4.16. The molecule has 3 aromatic rings. The van der Waals surface area contributed by atoms with E-state index >= 15 is 0 Å². The van der Waals surface area contributed by atoms with Crippen molar-refractivity contribution in [1.29, 1.82) is 0 Å². The Morgan fingerprint density at radius 2 is 1.54 bits per heavy atom. The number of hydrogen-bond donors (Lipinski definition) is 1. The lowest BCUT2D eigenvalue weighted by Gasteiger charge is -2.33. The molecule has 0 fully saturated rings. The van der Waals surface area contributed by atoms with Crippen LogP contribution in [-0.2, 0) is 26.2 Å². The number of nitrogens with one attached hydrogen (secondary N) is 1. The summed E-state index contributed by atoms with van der Waals surface area (Å²) in [6.45, 7) is 5.01. The van der Waals surface area contributed by atoms with Crippen LogP contribution in [0.25, 0.3) is 0 Å². The van der Waals surface area contributed by atoms with Gasteiger partial charge in [-0.25, -0.2) is 12.8 Å². The molecule has 0 aliphatic rings. The van der Waals surface area contributed by atoms with E-state index in [0.717, 1.165) is 4.31 Å². The van der Waals surface area contributed by atoms with E-state index in [1.165, 1.54) is 53.4 Å². The summed E-state index contributed by atoms with van der Waals surface area (Å²) in [5.41, 5.74) is 0.846. The fraction of sp³-hybridized carbons (Fsp3) is 0.310. The predicted octanol–water partition coefficient (Wildman–Crippen LogP) is 5.40. The van der Waals surface area contributed by atoms with Crippen molar-refractivity contribution in [2.24, 2.45) is 0 Å². The Labute approximate surface area is 234 Å². The van der Waals surface area contributed by atoms with Gasteiger partial charge in [0.2, 0.25) is 11.8 Å². The molecule has 0 bridgehead atoms. The number of anilines is 1. The van der Waals surface area contributed by atoms with Crippen LogP contribution in [0, 0.1) is 5.82 Å². The molecule has 0 saturated heterocycles. The minimum absolute atomic E-state index is 0.00854. The molecule has 1 N–H and O–H groups in total. The molecule has 0 saturated carbocycles. The van der Waals surface area contributed by atoms with Crippen molar-refractivity contribution in [2.75, 3.05) is 10.8 Å². The van der Waals surface area contributed by atoms with E-state index in [4.69, 9.17) is 11.6 Å². The molecular formula is C29H33ClFN3O4S. The fourth-order valence-electron chi connectivity index (χ4n) is 4.00. The van der Waals surface area contributed by atoms with Crippen molar-refractivity contribution in [3.63, 3.8) is 0 Å². The van der Waals surface area contributed by atoms with Gasteiger partial charge in [-0.3, -0.25) is 13.9 Å². The second-order valence-electron chi connectivity index (χ2n) is 9.19.